The van der Waals surface area contributed by atoms with E-state index >= 15 is 0 Å². The largest absolute Gasteiger partial charge is 0.273 e. The first-order chi connectivity index (χ1) is 9.94. The lowest BCUT2D eigenvalue weighted by atomic mass is 10.2. The van der Waals surface area contributed by atoms with Crippen LogP contribution in [0.5, 0.6) is 0 Å². The van der Waals surface area contributed by atoms with Gasteiger partial charge in [0.2, 0.25) is 10.0 Å². The van der Waals surface area contributed by atoms with Crippen molar-refractivity contribution >= 4 is 15.7 Å². The van der Waals surface area contributed by atoms with Crippen LogP contribution in [0.2, 0.25) is 0 Å². The lowest BCUT2D eigenvalue weighted by molar-refractivity contribution is -0.385. The van der Waals surface area contributed by atoms with E-state index in [2.05, 4.69) is 5.92 Å². The van der Waals surface area contributed by atoms with E-state index in [0.29, 0.717) is 12.5 Å². The second-order valence-electron chi connectivity index (χ2n) is 5.08. The second-order valence-corrected chi connectivity index (χ2v) is 7.05. The van der Waals surface area contributed by atoms with Crippen molar-refractivity contribution in [3.05, 3.63) is 39.9 Å². The standard InChI is InChI=1S/C14H16N2O4S/c1-2-9-15(10-12-7-8-12)21(19,20)11-13-5-3-4-6-14(13)16(17)18/h1,3-6,12H,7-11H2. The van der Waals surface area contributed by atoms with Crippen LogP contribution in [0.15, 0.2) is 24.3 Å². The number of nitrogens with zero attached hydrogens (tertiary/aromatic N) is 2. The topological polar surface area (TPSA) is 80.5 Å². The van der Waals surface area contributed by atoms with Gasteiger partial charge in [0.15, 0.2) is 0 Å². The maximum atomic E-state index is 12.4. The van der Waals surface area contributed by atoms with E-state index in [1.165, 1.54) is 22.5 Å². The molecular weight excluding hydrogens is 292 g/mol. The summed E-state index contributed by atoms with van der Waals surface area (Å²) in [5, 5.41) is 11.0. The summed E-state index contributed by atoms with van der Waals surface area (Å²) in [6.07, 6.45) is 7.23. The van der Waals surface area contributed by atoms with E-state index in [1.807, 2.05) is 0 Å². The summed E-state index contributed by atoms with van der Waals surface area (Å²) < 4.78 is 26.1. The molecule has 0 unspecified atom stereocenters. The highest BCUT2D eigenvalue weighted by Crippen LogP contribution is 2.31. The van der Waals surface area contributed by atoms with Crippen LogP contribution >= 0.6 is 0 Å². The number of hydrogen-bond donors (Lipinski definition) is 0. The molecule has 0 amide bonds. The zero-order chi connectivity index (χ0) is 15.5. The Morgan fingerprint density at radius 2 is 2.05 bits per heavy atom. The molecule has 6 nitrogen and oxygen atoms in total. The SMILES string of the molecule is C#CCN(CC1CC1)S(=O)(=O)Cc1ccccc1[N+](=O)[O-]. The molecule has 0 saturated heterocycles. The van der Waals surface area contributed by atoms with Crippen LogP contribution in [0.1, 0.15) is 18.4 Å². The van der Waals surface area contributed by atoms with Crippen molar-refractivity contribution in [3.8, 4) is 12.3 Å². The molecule has 2 rings (SSSR count). The third-order valence-electron chi connectivity index (χ3n) is 3.35. The molecule has 0 radical (unpaired) electrons. The van der Waals surface area contributed by atoms with Crippen molar-refractivity contribution in [1.82, 2.24) is 4.31 Å². The number of para-hydroxylation sites is 1. The van der Waals surface area contributed by atoms with Gasteiger partial charge >= 0.3 is 0 Å². The molecule has 0 N–H and O–H groups in total. The van der Waals surface area contributed by atoms with Crippen LogP contribution in [0.3, 0.4) is 0 Å². The summed E-state index contributed by atoms with van der Waals surface area (Å²) in [7, 11) is -3.66. The Bertz CT molecular complexity index is 674. The van der Waals surface area contributed by atoms with Gasteiger partial charge in [-0.2, -0.15) is 4.31 Å². The highest BCUT2D eigenvalue weighted by Gasteiger charge is 2.31. The zero-order valence-corrected chi connectivity index (χ0v) is 12.3. The highest BCUT2D eigenvalue weighted by molar-refractivity contribution is 7.88. The molecule has 0 bridgehead atoms. The van der Waals surface area contributed by atoms with Crippen LogP contribution in [0, 0.1) is 28.4 Å². The summed E-state index contributed by atoms with van der Waals surface area (Å²) in [4.78, 5) is 10.4. The van der Waals surface area contributed by atoms with Gasteiger partial charge in [-0.25, -0.2) is 8.42 Å². The zero-order valence-electron chi connectivity index (χ0n) is 11.4. The molecule has 21 heavy (non-hydrogen) atoms. The van der Waals surface area contributed by atoms with Crippen molar-refractivity contribution in [2.75, 3.05) is 13.1 Å². The lowest BCUT2D eigenvalue weighted by Gasteiger charge is -2.19. The molecule has 0 aromatic heterocycles. The van der Waals surface area contributed by atoms with Crippen LogP contribution in [-0.4, -0.2) is 30.7 Å². The Morgan fingerprint density at radius 3 is 2.62 bits per heavy atom. The van der Waals surface area contributed by atoms with Crippen LogP contribution in [0.4, 0.5) is 5.69 Å². The van der Waals surface area contributed by atoms with Crippen molar-refractivity contribution < 1.29 is 13.3 Å². The number of terminal acetylenes is 1. The van der Waals surface area contributed by atoms with Gasteiger partial charge in [-0.1, -0.05) is 24.1 Å². The fourth-order valence-electron chi connectivity index (χ4n) is 2.07. The van der Waals surface area contributed by atoms with Crippen molar-refractivity contribution in [2.45, 2.75) is 18.6 Å². The molecule has 112 valence electrons. The maximum absolute atomic E-state index is 12.4. The number of rotatable bonds is 7. The Hall–Kier alpha value is -1.91. The predicted octanol–water partition coefficient (Wildman–Crippen LogP) is 1.77. The first-order valence-corrected chi connectivity index (χ1v) is 8.18. The first-order valence-electron chi connectivity index (χ1n) is 6.57. The smallest absolute Gasteiger partial charge is 0.258 e. The van der Waals surface area contributed by atoms with Gasteiger partial charge in [0.1, 0.15) is 0 Å². The maximum Gasteiger partial charge on any atom is 0.273 e. The summed E-state index contributed by atoms with van der Waals surface area (Å²) in [5.74, 6) is 2.30. The Balaban J connectivity index is 2.23. The number of sulfonamides is 1. The normalized spacial score (nSPS) is 14.9. The third-order valence-corrected chi connectivity index (χ3v) is 5.09. The molecule has 0 spiro atoms. The molecule has 1 fully saturated rings. The van der Waals surface area contributed by atoms with Gasteiger partial charge in [0, 0.05) is 18.2 Å². The third kappa shape index (κ3) is 4.03. The van der Waals surface area contributed by atoms with Gasteiger partial charge in [-0.05, 0) is 18.8 Å². The van der Waals surface area contributed by atoms with Gasteiger partial charge in [-0.3, -0.25) is 10.1 Å². The molecule has 0 atom stereocenters. The number of nitro benzene ring substituents is 1. The Kier molecular flexibility index (Phi) is 4.60. The van der Waals surface area contributed by atoms with Crippen molar-refractivity contribution in [3.63, 3.8) is 0 Å². The fraction of sp³-hybridized carbons (Fsp3) is 0.429. The number of benzene rings is 1. The molecule has 7 heteroatoms. The Morgan fingerprint density at radius 1 is 1.38 bits per heavy atom. The van der Waals surface area contributed by atoms with Gasteiger partial charge in [0.05, 0.1) is 17.2 Å². The van der Waals surface area contributed by atoms with Crippen molar-refractivity contribution in [1.29, 1.82) is 0 Å². The van der Waals surface area contributed by atoms with Crippen LogP contribution < -0.4 is 0 Å². The van der Waals surface area contributed by atoms with E-state index in [0.717, 1.165) is 12.8 Å². The minimum atomic E-state index is -3.66. The molecule has 1 saturated carbocycles. The highest BCUT2D eigenvalue weighted by atomic mass is 32.2. The van der Waals surface area contributed by atoms with E-state index in [4.69, 9.17) is 6.42 Å². The van der Waals surface area contributed by atoms with E-state index < -0.39 is 20.7 Å². The Labute approximate surface area is 124 Å². The van der Waals surface area contributed by atoms with Gasteiger partial charge < -0.3 is 0 Å². The van der Waals surface area contributed by atoms with Gasteiger partial charge in [-0.15, -0.1) is 6.42 Å². The van der Waals surface area contributed by atoms with E-state index in [9.17, 15) is 18.5 Å². The monoisotopic (exact) mass is 308 g/mol. The minimum Gasteiger partial charge on any atom is -0.258 e. The van der Waals surface area contributed by atoms with Crippen molar-refractivity contribution in [2.24, 2.45) is 5.92 Å². The first kappa shape index (κ1) is 15.5. The molecule has 1 aromatic carbocycles. The number of nitro groups is 1. The fourth-order valence-corrected chi connectivity index (χ4v) is 3.59. The second kappa shape index (κ2) is 6.24. The van der Waals surface area contributed by atoms with Crippen LogP contribution in [-0.2, 0) is 15.8 Å². The molecule has 0 heterocycles. The molecule has 1 aromatic rings. The van der Waals surface area contributed by atoms with Gasteiger partial charge in [0.25, 0.3) is 5.69 Å². The summed E-state index contributed by atoms with van der Waals surface area (Å²) >= 11 is 0. The molecule has 0 aliphatic heterocycles. The average molecular weight is 308 g/mol. The summed E-state index contributed by atoms with van der Waals surface area (Å²) in [6.45, 7) is 0.395. The lowest BCUT2D eigenvalue weighted by Crippen LogP contribution is -2.34. The summed E-state index contributed by atoms with van der Waals surface area (Å²) in [6, 6.07) is 5.86. The van der Waals surface area contributed by atoms with E-state index in [1.54, 1.807) is 6.07 Å². The minimum absolute atomic E-state index is 0.000531. The van der Waals surface area contributed by atoms with Crippen LogP contribution in [0.25, 0.3) is 0 Å². The molecule has 1 aliphatic rings. The predicted molar refractivity (Wildman–Crippen MR) is 78.9 cm³/mol. The molecule has 1 aliphatic carbocycles. The quantitative estimate of drug-likeness (QED) is 0.437. The summed E-state index contributed by atoms with van der Waals surface area (Å²) in [5.41, 5.74) is -0.00604. The van der Waals surface area contributed by atoms with E-state index in [-0.39, 0.29) is 17.8 Å². The average Bonchev–Trinajstić information content (AvgIpc) is 3.22. The number of hydrogen-bond acceptors (Lipinski definition) is 4. The molecular formula is C14H16N2O4S.